The van der Waals surface area contributed by atoms with Crippen molar-refractivity contribution in [2.24, 2.45) is 5.92 Å². The molecule has 0 spiro atoms. The SMILES string of the molecule is COc1cc2nc(Nc3cccc(Cl)c3F)ncc2cc1OCC1CCN(C(=O)OC(C)(C)C)CC1. The Morgan fingerprint density at radius 1 is 1.22 bits per heavy atom. The maximum atomic E-state index is 14.2. The van der Waals surface area contributed by atoms with Gasteiger partial charge in [-0.15, -0.1) is 0 Å². The number of carbonyl (C=O) groups is 1. The van der Waals surface area contributed by atoms with Crippen molar-refractivity contribution in [3.63, 3.8) is 0 Å². The number of likely N-dealkylation sites (tertiary alicyclic amines) is 1. The van der Waals surface area contributed by atoms with Crippen molar-refractivity contribution in [3.05, 3.63) is 47.4 Å². The summed E-state index contributed by atoms with van der Waals surface area (Å²) in [6.45, 7) is 7.36. The Morgan fingerprint density at radius 3 is 2.67 bits per heavy atom. The highest BCUT2D eigenvalue weighted by Crippen LogP contribution is 2.33. The van der Waals surface area contributed by atoms with Gasteiger partial charge in [0.15, 0.2) is 17.3 Å². The smallest absolute Gasteiger partial charge is 0.410 e. The molecular formula is C26H30ClFN4O4. The summed E-state index contributed by atoms with van der Waals surface area (Å²) in [5.74, 6) is 1.09. The number of rotatable bonds is 6. The molecule has 0 bridgehead atoms. The van der Waals surface area contributed by atoms with E-state index >= 15 is 0 Å². The predicted molar refractivity (Wildman–Crippen MR) is 137 cm³/mol. The molecule has 1 aliphatic heterocycles. The van der Waals surface area contributed by atoms with E-state index in [0.29, 0.717) is 42.6 Å². The molecule has 3 aromatic rings. The molecule has 1 saturated heterocycles. The topological polar surface area (TPSA) is 85.8 Å². The number of hydrogen-bond donors (Lipinski definition) is 1. The minimum atomic E-state index is -0.568. The Kier molecular flexibility index (Phi) is 7.68. The van der Waals surface area contributed by atoms with Gasteiger partial charge in [-0.1, -0.05) is 17.7 Å². The zero-order valence-corrected chi connectivity index (χ0v) is 21.6. The van der Waals surface area contributed by atoms with Crippen LogP contribution < -0.4 is 14.8 Å². The molecule has 0 radical (unpaired) electrons. The summed E-state index contributed by atoms with van der Waals surface area (Å²) in [6, 6.07) is 8.26. The first-order valence-corrected chi connectivity index (χ1v) is 12.2. The molecule has 4 rings (SSSR count). The van der Waals surface area contributed by atoms with Gasteiger partial charge in [0.2, 0.25) is 5.95 Å². The van der Waals surface area contributed by atoms with Gasteiger partial charge < -0.3 is 24.4 Å². The molecule has 10 heteroatoms. The fraction of sp³-hybridized carbons (Fsp3) is 0.423. The second-order valence-electron chi connectivity index (χ2n) is 9.70. The highest BCUT2D eigenvalue weighted by molar-refractivity contribution is 6.31. The molecule has 1 aromatic heterocycles. The molecule has 1 aliphatic rings. The Morgan fingerprint density at radius 2 is 1.97 bits per heavy atom. The van der Waals surface area contributed by atoms with Crippen LogP contribution in [0, 0.1) is 11.7 Å². The summed E-state index contributed by atoms with van der Waals surface area (Å²) in [5.41, 5.74) is 0.298. The van der Waals surface area contributed by atoms with Gasteiger partial charge in [0.05, 0.1) is 29.9 Å². The van der Waals surface area contributed by atoms with Gasteiger partial charge in [0.25, 0.3) is 0 Å². The van der Waals surface area contributed by atoms with Crippen LogP contribution in [0.2, 0.25) is 5.02 Å². The van der Waals surface area contributed by atoms with E-state index < -0.39 is 11.4 Å². The molecule has 0 aliphatic carbocycles. The first-order chi connectivity index (χ1) is 17.1. The standard InChI is InChI=1S/C26H30ClFN4O4/c1-26(2,3)36-25(33)32-10-8-16(9-11-32)15-35-22-12-17-14-29-24(31-20(17)13-21(22)34-4)30-19-7-5-6-18(27)23(19)28/h5-7,12-14,16H,8-11,15H2,1-4H3,(H,29,30,31). The van der Waals surface area contributed by atoms with Crippen LogP contribution in [0.3, 0.4) is 0 Å². The molecule has 36 heavy (non-hydrogen) atoms. The number of aromatic nitrogens is 2. The van der Waals surface area contributed by atoms with Crippen molar-refractivity contribution in [1.29, 1.82) is 0 Å². The van der Waals surface area contributed by atoms with Crippen LogP contribution in [0.4, 0.5) is 20.8 Å². The van der Waals surface area contributed by atoms with Crippen LogP contribution >= 0.6 is 11.6 Å². The van der Waals surface area contributed by atoms with E-state index in [1.165, 1.54) is 6.07 Å². The van der Waals surface area contributed by atoms with Crippen molar-refractivity contribution in [1.82, 2.24) is 14.9 Å². The largest absolute Gasteiger partial charge is 0.493 e. The van der Waals surface area contributed by atoms with Crippen molar-refractivity contribution in [2.45, 2.75) is 39.2 Å². The third-order valence-corrected chi connectivity index (χ3v) is 6.10. The average molecular weight is 517 g/mol. The minimum absolute atomic E-state index is 0.0137. The third-order valence-electron chi connectivity index (χ3n) is 5.80. The number of fused-ring (bicyclic) bond motifs is 1. The van der Waals surface area contributed by atoms with Crippen LogP contribution in [0.25, 0.3) is 10.9 Å². The fourth-order valence-corrected chi connectivity index (χ4v) is 4.08. The number of nitrogens with zero attached hydrogens (tertiary/aromatic N) is 3. The molecule has 2 aromatic carbocycles. The summed E-state index contributed by atoms with van der Waals surface area (Å²) >= 11 is 5.85. The molecule has 0 unspecified atom stereocenters. The van der Waals surface area contributed by atoms with E-state index in [1.807, 2.05) is 26.8 Å². The van der Waals surface area contributed by atoms with E-state index in [9.17, 15) is 9.18 Å². The number of hydrogen-bond acceptors (Lipinski definition) is 7. The van der Waals surface area contributed by atoms with E-state index in [-0.39, 0.29) is 22.8 Å². The zero-order chi connectivity index (χ0) is 25.9. The Labute approximate surface area is 214 Å². The van der Waals surface area contributed by atoms with Gasteiger partial charge in [-0.2, -0.15) is 0 Å². The summed E-state index contributed by atoms with van der Waals surface area (Å²) in [6.07, 6.45) is 3.02. The van der Waals surface area contributed by atoms with Crippen molar-refractivity contribution < 1.29 is 23.4 Å². The molecule has 1 N–H and O–H groups in total. The Balaban J connectivity index is 1.40. The van der Waals surface area contributed by atoms with Gasteiger partial charge in [0.1, 0.15) is 5.60 Å². The average Bonchev–Trinajstić information content (AvgIpc) is 2.84. The number of benzene rings is 2. The van der Waals surface area contributed by atoms with Crippen molar-refractivity contribution in [3.8, 4) is 11.5 Å². The highest BCUT2D eigenvalue weighted by atomic mass is 35.5. The lowest BCUT2D eigenvalue weighted by molar-refractivity contribution is 0.0164. The normalized spacial score (nSPS) is 14.6. The minimum Gasteiger partial charge on any atom is -0.493 e. The van der Waals surface area contributed by atoms with E-state index in [4.69, 9.17) is 25.8 Å². The van der Waals surface area contributed by atoms with Crippen LogP contribution in [0.1, 0.15) is 33.6 Å². The molecule has 0 saturated carbocycles. The van der Waals surface area contributed by atoms with Gasteiger partial charge in [-0.3, -0.25) is 0 Å². The molecular weight excluding hydrogens is 487 g/mol. The first kappa shape index (κ1) is 25.8. The van der Waals surface area contributed by atoms with Crippen LogP contribution in [0.15, 0.2) is 36.5 Å². The lowest BCUT2D eigenvalue weighted by Gasteiger charge is -2.33. The van der Waals surface area contributed by atoms with Crippen LogP contribution in [-0.4, -0.2) is 53.4 Å². The molecule has 192 valence electrons. The summed E-state index contributed by atoms with van der Waals surface area (Å²) < 4.78 is 31.3. The summed E-state index contributed by atoms with van der Waals surface area (Å²) in [4.78, 5) is 22.8. The molecule has 2 heterocycles. The number of amides is 1. The van der Waals surface area contributed by atoms with Gasteiger partial charge >= 0.3 is 6.09 Å². The second kappa shape index (κ2) is 10.7. The highest BCUT2D eigenvalue weighted by Gasteiger charge is 2.27. The zero-order valence-electron chi connectivity index (χ0n) is 20.8. The number of piperidine rings is 1. The number of anilines is 2. The summed E-state index contributed by atoms with van der Waals surface area (Å²) in [7, 11) is 1.56. The number of nitrogens with one attached hydrogen (secondary N) is 1. The molecule has 1 fully saturated rings. The lowest BCUT2D eigenvalue weighted by atomic mass is 9.98. The number of ether oxygens (including phenoxy) is 3. The number of halogens is 2. The maximum absolute atomic E-state index is 14.2. The quantitative estimate of drug-likeness (QED) is 0.417. The Hall–Kier alpha value is -3.33. The number of carbonyl (C=O) groups excluding carboxylic acids is 1. The predicted octanol–water partition coefficient (Wildman–Crippen LogP) is 6.20. The van der Waals surface area contributed by atoms with E-state index in [1.54, 1.807) is 36.4 Å². The van der Waals surface area contributed by atoms with Crippen molar-refractivity contribution in [2.75, 3.05) is 32.1 Å². The van der Waals surface area contributed by atoms with Crippen molar-refractivity contribution >= 4 is 40.2 Å². The monoisotopic (exact) mass is 516 g/mol. The summed E-state index contributed by atoms with van der Waals surface area (Å²) in [5, 5.41) is 3.62. The second-order valence-corrected chi connectivity index (χ2v) is 10.1. The molecule has 1 amide bonds. The molecule has 0 atom stereocenters. The maximum Gasteiger partial charge on any atom is 0.410 e. The van der Waals surface area contributed by atoms with Gasteiger partial charge in [0, 0.05) is 30.7 Å². The third kappa shape index (κ3) is 6.26. The Bertz CT molecular complexity index is 1240. The van der Waals surface area contributed by atoms with E-state index in [0.717, 1.165) is 18.2 Å². The van der Waals surface area contributed by atoms with Crippen LogP contribution in [-0.2, 0) is 4.74 Å². The first-order valence-electron chi connectivity index (χ1n) is 11.8. The number of methoxy groups -OCH3 is 1. The van der Waals surface area contributed by atoms with Gasteiger partial charge in [-0.05, 0) is 57.7 Å². The lowest BCUT2D eigenvalue weighted by Crippen LogP contribution is -2.42. The van der Waals surface area contributed by atoms with E-state index in [2.05, 4.69) is 15.3 Å². The van der Waals surface area contributed by atoms with Crippen LogP contribution in [0.5, 0.6) is 11.5 Å². The van der Waals surface area contributed by atoms with Gasteiger partial charge in [-0.25, -0.2) is 19.2 Å². The fourth-order valence-electron chi connectivity index (χ4n) is 3.91. The molecule has 8 nitrogen and oxygen atoms in total.